The van der Waals surface area contributed by atoms with Crippen LogP contribution in [0.4, 0.5) is 26.3 Å². The zero-order valence-electron chi connectivity index (χ0n) is 35.0. The van der Waals surface area contributed by atoms with Crippen LogP contribution in [0.1, 0.15) is 38.2 Å². The minimum absolute atomic E-state index is 0. The third-order valence-electron chi connectivity index (χ3n) is 10.3. The molecule has 7 aromatic rings. The van der Waals surface area contributed by atoms with Crippen LogP contribution in [0.5, 0.6) is 40.2 Å². The third-order valence-corrected chi connectivity index (χ3v) is 11.1. The van der Waals surface area contributed by atoms with Gasteiger partial charge in [-0.15, -0.1) is 6.42 Å². The van der Waals surface area contributed by atoms with Crippen molar-refractivity contribution in [2.45, 2.75) is 29.6 Å². The summed E-state index contributed by atoms with van der Waals surface area (Å²) >= 11 is 0. The van der Waals surface area contributed by atoms with Gasteiger partial charge in [-0.1, -0.05) is 53.9 Å². The van der Waals surface area contributed by atoms with Crippen molar-refractivity contribution in [3.63, 3.8) is 0 Å². The van der Waals surface area contributed by atoms with Crippen molar-refractivity contribution in [1.29, 1.82) is 0 Å². The summed E-state index contributed by atoms with van der Waals surface area (Å²) in [5, 5.41) is 0. The molecule has 0 spiro atoms. The fourth-order valence-corrected chi connectivity index (χ4v) is 7.65. The Morgan fingerprint density at radius 1 is 0.576 bits per heavy atom. The van der Waals surface area contributed by atoms with Crippen LogP contribution < -0.4 is 70.3 Å². The standard InChI is InChI=1S/C50H34F6O8S.K/c1-4-32-6-8-33(9-7-32)43-29-31(2)5-27-44(43)64-42-26-28-45(46(30-42)65(58,59)60)63-41-20-12-35(13-21-41)47(57)34-10-18-39(19-11-34)62-40-24-16-37(17-25-40)48(49(51,52)53,50(54,55)56)36-14-22-38(61-3)23-15-36;/h1,5-30H,2-3H3,(H,58,59,60);/q;+1/p-1. The number of halogens is 6. The molecule has 66 heavy (non-hydrogen) atoms. The van der Waals surface area contributed by atoms with Gasteiger partial charge in [-0.05, 0) is 133 Å². The number of hydrogen-bond acceptors (Lipinski definition) is 8. The molecule has 0 N–H and O–H groups in total. The van der Waals surface area contributed by atoms with Gasteiger partial charge >= 0.3 is 63.7 Å². The molecule has 330 valence electrons. The number of carbonyl (C=O) groups is 1. The van der Waals surface area contributed by atoms with Gasteiger partial charge in [-0.3, -0.25) is 4.79 Å². The molecular formula is C50H33F6KO8S. The van der Waals surface area contributed by atoms with Crippen LogP contribution in [-0.2, 0) is 15.5 Å². The first-order chi connectivity index (χ1) is 30.8. The molecule has 7 rings (SSSR count). The summed E-state index contributed by atoms with van der Waals surface area (Å²) in [6.45, 7) is 1.90. The fourth-order valence-electron chi connectivity index (χ4n) is 7.04. The van der Waals surface area contributed by atoms with Crippen molar-refractivity contribution in [3.05, 3.63) is 191 Å². The molecule has 0 saturated carbocycles. The van der Waals surface area contributed by atoms with Gasteiger partial charge in [0.1, 0.15) is 55.3 Å². The van der Waals surface area contributed by atoms with Gasteiger partial charge in [0.25, 0.3) is 0 Å². The monoisotopic (exact) mass is 946 g/mol. The molecule has 0 aliphatic carbocycles. The number of terminal acetylenes is 1. The molecule has 0 aliphatic heterocycles. The molecule has 0 atom stereocenters. The van der Waals surface area contributed by atoms with Crippen molar-refractivity contribution in [1.82, 2.24) is 0 Å². The van der Waals surface area contributed by atoms with Gasteiger partial charge in [0.05, 0.1) is 7.11 Å². The Balaban J connectivity index is 0.00000720. The number of rotatable bonds is 13. The molecule has 8 nitrogen and oxygen atoms in total. The average Bonchev–Trinajstić information content (AvgIpc) is 3.27. The van der Waals surface area contributed by atoms with E-state index in [2.05, 4.69) is 5.92 Å². The van der Waals surface area contributed by atoms with Crippen molar-refractivity contribution in [2.75, 3.05) is 7.11 Å². The van der Waals surface area contributed by atoms with Crippen LogP contribution in [0, 0.1) is 19.3 Å². The predicted octanol–water partition coefficient (Wildman–Crippen LogP) is 9.58. The Bertz CT molecular complexity index is 2990. The van der Waals surface area contributed by atoms with Gasteiger partial charge in [-0.25, -0.2) is 8.42 Å². The first-order valence-corrected chi connectivity index (χ1v) is 20.7. The quantitative estimate of drug-likeness (QED) is 0.0370. The Kier molecular flexibility index (Phi) is 14.9. The minimum atomic E-state index is -5.78. The van der Waals surface area contributed by atoms with Crippen LogP contribution in [-0.4, -0.2) is 38.2 Å². The topological polar surface area (TPSA) is 111 Å². The molecule has 0 bridgehead atoms. The number of ether oxygens (including phenoxy) is 4. The number of alkyl halides is 6. The van der Waals surface area contributed by atoms with Crippen LogP contribution in [0.15, 0.2) is 163 Å². The van der Waals surface area contributed by atoms with E-state index >= 15 is 0 Å². The van der Waals surface area contributed by atoms with E-state index in [0.717, 1.165) is 53.6 Å². The number of aryl methyl sites for hydroxylation is 1. The summed E-state index contributed by atoms with van der Waals surface area (Å²) in [6.07, 6.45) is -6.07. The van der Waals surface area contributed by atoms with Crippen molar-refractivity contribution in [3.8, 4) is 63.7 Å². The van der Waals surface area contributed by atoms with E-state index in [0.29, 0.717) is 29.0 Å². The molecule has 0 saturated heterocycles. The second-order valence-corrected chi connectivity index (χ2v) is 15.8. The fraction of sp³-hybridized carbons (Fsp3) is 0.100. The normalized spacial score (nSPS) is 11.8. The molecule has 16 heteroatoms. The second kappa shape index (κ2) is 19.9. The number of benzene rings is 7. The zero-order chi connectivity index (χ0) is 46.7. The Labute approximate surface area is 418 Å². The number of carbonyl (C=O) groups excluding carboxylic acids is 1. The number of ketones is 1. The molecule has 0 aromatic heterocycles. The van der Waals surface area contributed by atoms with Gasteiger partial charge in [0.2, 0.25) is 5.41 Å². The van der Waals surface area contributed by atoms with Gasteiger partial charge < -0.3 is 23.5 Å². The van der Waals surface area contributed by atoms with Crippen LogP contribution >= 0.6 is 0 Å². The molecule has 0 amide bonds. The number of methoxy groups -OCH3 is 1. The van der Waals surface area contributed by atoms with Gasteiger partial charge in [-0.2, -0.15) is 26.3 Å². The maximum absolute atomic E-state index is 14.5. The summed E-state index contributed by atoms with van der Waals surface area (Å²) < 4.78 is 147. The molecular weight excluding hydrogens is 914 g/mol. The van der Waals surface area contributed by atoms with Gasteiger partial charge in [0, 0.05) is 28.3 Å². The molecule has 0 unspecified atom stereocenters. The van der Waals surface area contributed by atoms with E-state index in [1.807, 2.05) is 31.2 Å². The smallest absolute Gasteiger partial charge is 0.744 e. The first kappa shape index (κ1) is 49.5. The Morgan fingerprint density at radius 3 is 1.48 bits per heavy atom. The summed E-state index contributed by atoms with van der Waals surface area (Å²) in [7, 11) is -3.85. The average molecular weight is 947 g/mol. The molecule has 0 heterocycles. The van der Waals surface area contributed by atoms with E-state index in [1.165, 1.54) is 67.8 Å². The SMILES string of the molecule is C#Cc1ccc(-c2cc(C)ccc2Oc2ccc(Oc3ccc(C(=O)c4ccc(Oc5ccc(C(c6ccc(OC)cc6)(C(F)(F)F)C(F)(F)F)cc5)cc4)cc3)c(S(=O)(=O)[O-])c2)cc1.[K+]. The van der Waals surface area contributed by atoms with E-state index < -0.39 is 49.7 Å². The van der Waals surface area contributed by atoms with Crippen LogP contribution in [0.3, 0.4) is 0 Å². The summed E-state index contributed by atoms with van der Waals surface area (Å²) in [5.74, 6) is 2.48. The van der Waals surface area contributed by atoms with E-state index in [9.17, 15) is 44.1 Å². The van der Waals surface area contributed by atoms with Crippen LogP contribution in [0.2, 0.25) is 0 Å². The molecule has 0 radical (unpaired) electrons. The van der Waals surface area contributed by atoms with Crippen molar-refractivity contribution < 1.29 is 114 Å². The largest absolute Gasteiger partial charge is 1.00 e. The van der Waals surface area contributed by atoms with Crippen molar-refractivity contribution in [2.24, 2.45) is 0 Å². The predicted molar refractivity (Wildman–Crippen MR) is 228 cm³/mol. The molecule has 0 fully saturated rings. The van der Waals surface area contributed by atoms with Crippen LogP contribution in [0.25, 0.3) is 11.1 Å². The summed E-state index contributed by atoms with van der Waals surface area (Å²) in [5.41, 5.74) is -2.99. The van der Waals surface area contributed by atoms with E-state index in [-0.39, 0.29) is 97.0 Å². The minimum Gasteiger partial charge on any atom is -0.744 e. The zero-order valence-corrected chi connectivity index (χ0v) is 39.0. The summed E-state index contributed by atoms with van der Waals surface area (Å²) in [6, 6.07) is 34.4. The molecule has 7 aromatic carbocycles. The maximum Gasteiger partial charge on any atom is 1.00 e. The maximum atomic E-state index is 14.5. The van der Waals surface area contributed by atoms with Gasteiger partial charge in [0.15, 0.2) is 5.78 Å². The van der Waals surface area contributed by atoms with Crippen molar-refractivity contribution >= 4 is 15.9 Å². The van der Waals surface area contributed by atoms with E-state index in [1.54, 1.807) is 18.2 Å². The molecule has 0 aliphatic rings. The Morgan fingerprint density at radius 2 is 1.02 bits per heavy atom. The Hall–Kier alpha value is -5.90. The number of hydrogen-bond donors (Lipinski definition) is 0. The third kappa shape index (κ3) is 10.5. The second-order valence-electron chi connectivity index (χ2n) is 14.5. The first-order valence-electron chi connectivity index (χ1n) is 19.3. The van der Waals surface area contributed by atoms with E-state index in [4.69, 9.17) is 25.4 Å². The summed E-state index contributed by atoms with van der Waals surface area (Å²) in [4.78, 5) is 12.7.